The number of carbonyl (C=O) groups excluding carboxylic acids is 1. The van der Waals surface area contributed by atoms with Crippen LogP contribution in [0.15, 0.2) is 22.7 Å². The van der Waals surface area contributed by atoms with Crippen LogP contribution in [-0.4, -0.2) is 25.2 Å². The second-order valence-corrected chi connectivity index (χ2v) is 5.54. The normalized spacial score (nSPS) is 11.4. The van der Waals surface area contributed by atoms with Crippen LogP contribution in [0, 0.1) is 6.92 Å². The summed E-state index contributed by atoms with van der Waals surface area (Å²) in [4.78, 5) is 12.1. The van der Waals surface area contributed by atoms with E-state index in [0.717, 1.165) is 10.0 Å². The molecule has 0 bridgehead atoms. The van der Waals surface area contributed by atoms with Gasteiger partial charge in [0.15, 0.2) is 0 Å². The third-order valence-corrected chi connectivity index (χ3v) is 3.33. The minimum atomic E-state index is -0.374. The summed E-state index contributed by atoms with van der Waals surface area (Å²) >= 11 is 3.42. The molecule has 1 amide bonds. The average Bonchev–Trinajstić information content (AvgIpc) is 2.21. The largest absolute Gasteiger partial charge is 0.382 e. The molecule has 1 rings (SSSR count). The molecule has 0 spiro atoms. The van der Waals surface area contributed by atoms with Gasteiger partial charge in [-0.1, -0.05) is 22.0 Å². The fraction of sp³-hybridized carbons (Fsp3) is 0.462. The van der Waals surface area contributed by atoms with E-state index in [2.05, 4.69) is 21.2 Å². The third kappa shape index (κ3) is 3.82. The van der Waals surface area contributed by atoms with Crippen LogP contribution in [0.5, 0.6) is 0 Å². The molecular formula is C13H18BrNO2. The number of hydrogen-bond donors (Lipinski definition) is 1. The summed E-state index contributed by atoms with van der Waals surface area (Å²) in [5, 5.41) is 2.96. The first kappa shape index (κ1) is 14.2. The molecule has 1 aromatic rings. The van der Waals surface area contributed by atoms with Crippen LogP contribution in [0.2, 0.25) is 0 Å². The molecule has 0 saturated carbocycles. The van der Waals surface area contributed by atoms with E-state index < -0.39 is 0 Å². The summed E-state index contributed by atoms with van der Waals surface area (Å²) in [5.41, 5.74) is 1.25. The van der Waals surface area contributed by atoms with Crippen LogP contribution in [0.1, 0.15) is 29.8 Å². The summed E-state index contributed by atoms with van der Waals surface area (Å²) in [6.45, 7) is 6.26. The maximum absolute atomic E-state index is 12.1. The lowest BCUT2D eigenvalue weighted by Gasteiger charge is -2.25. The first-order chi connectivity index (χ1) is 7.87. The van der Waals surface area contributed by atoms with E-state index in [-0.39, 0.29) is 11.4 Å². The molecule has 0 fully saturated rings. The molecule has 0 aliphatic heterocycles. The molecule has 4 heteroatoms. The van der Waals surface area contributed by atoms with Gasteiger partial charge >= 0.3 is 0 Å². The first-order valence-corrected chi connectivity index (χ1v) is 6.23. The molecule has 0 aliphatic carbocycles. The van der Waals surface area contributed by atoms with Crippen molar-refractivity contribution >= 4 is 21.8 Å². The predicted molar refractivity (Wildman–Crippen MR) is 72.3 cm³/mol. The van der Waals surface area contributed by atoms with Crippen molar-refractivity contribution < 1.29 is 9.53 Å². The number of amides is 1. The maximum atomic E-state index is 12.1. The summed E-state index contributed by atoms with van der Waals surface area (Å²) in [6.07, 6.45) is 0. The van der Waals surface area contributed by atoms with Gasteiger partial charge in [0.1, 0.15) is 0 Å². The van der Waals surface area contributed by atoms with Crippen LogP contribution in [0.25, 0.3) is 0 Å². The van der Waals surface area contributed by atoms with E-state index in [1.54, 1.807) is 7.11 Å². The number of carbonyl (C=O) groups is 1. The van der Waals surface area contributed by atoms with Gasteiger partial charge < -0.3 is 10.1 Å². The van der Waals surface area contributed by atoms with Crippen LogP contribution in [0.4, 0.5) is 0 Å². The Morgan fingerprint density at radius 3 is 2.71 bits per heavy atom. The lowest BCUT2D eigenvalue weighted by molar-refractivity contribution is 0.0819. The van der Waals surface area contributed by atoms with Gasteiger partial charge in [-0.15, -0.1) is 0 Å². The number of benzene rings is 1. The molecule has 1 aromatic carbocycles. The minimum absolute atomic E-state index is 0.0779. The van der Waals surface area contributed by atoms with Crippen LogP contribution in [-0.2, 0) is 4.74 Å². The summed E-state index contributed by atoms with van der Waals surface area (Å²) in [5.74, 6) is -0.0779. The Labute approximate surface area is 111 Å². The monoisotopic (exact) mass is 299 g/mol. The van der Waals surface area contributed by atoms with Gasteiger partial charge in [0, 0.05) is 17.1 Å². The molecule has 94 valence electrons. The summed E-state index contributed by atoms with van der Waals surface area (Å²) in [6, 6.07) is 5.60. The van der Waals surface area contributed by atoms with Gasteiger partial charge in [-0.25, -0.2) is 0 Å². The van der Waals surface area contributed by atoms with Gasteiger partial charge in [0.05, 0.1) is 12.1 Å². The van der Waals surface area contributed by atoms with Crippen molar-refractivity contribution in [3.05, 3.63) is 33.8 Å². The molecule has 0 atom stereocenters. The molecule has 1 N–H and O–H groups in total. The topological polar surface area (TPSA) is 38.3 Å². The molecule has 0 heterocycles. The van der Waals surface area contributed by atoms with E-state index in [1.165, 1.54) is 0 Å². The summed E-state index contributed by atoms with van der Waals surface area (Å²) < 4.78 is 6.01. The Balaban J connectivity index is 2.87. The Bertz CT molecular complexity index is 416. The number of hydrogen-bond acceptors (Lipinski definition) is 2. The molecule has 0 saturated heterocycles. The maximum Gasteiger partial charge on any atom is 0.252 e. The highest BCUT2D eigenvalue weighted by Gasteiger charge is 2.22. The fourth-order valence-corrected chi connectivity index (χ4v) is 1.99. The molecule has 0 radical (unpaired) electrons. The lowest BCUT2D eigenvalue weighted by Crippen LogP contribution is -2.46. The minimum Gasteiger partial charge on any atom is -0.382 e. The number of methoxy groups -OCH3 is 1. The standard InChI is InChI=1S/C13H18BrNO2/c1-9-10(6-5-7-11(9)14)12(16)15-13(2,3)8-17-4/h5-7H,8H2,1-4H3,(H,15,16). The van der Waals surface area contributed by atoms with Gasteiger partial charge in [0.2, 0.25) is 0 Å². The Morgan fingerprint density at radius 1 is 1.47 bits per heavy atom. The van der Waals surface area contributed by atoms with Crippen molar-refractivity contribution in [2.45, 2.75) is 26.3 Å². The van der Waals surface area contributed by atoms with E-state index in [9.17, 15) is 4.79 Å². The molecule has 0 aromatic heterocycles. The summed E-state index contributed by atoms with van der Waals surface area (Å²) in [7, 11) is 1.62. The van der Waals surface area contributed by atoms with Gasteiger partial charge in [0.25, 0.3) is 5.91 Å². The van der Waals surface area contributed by atoms with Gasteiger partial charge in [-0.05, 0) is 38.5 Å². The smallest absolute Gasteiger partial charge is 0.252 e. The SMILES string of the molecule is COCC(C)(C)NC(=O)c1cccc(Br)c1C. The molecule has 3 nitrogen and oxygen atoms in total. The third-order valence-electron chi connectivity index (χ3n) is 2.47. The Kier molecular flexibility index (Phi) is 4.71. The first-order valence-electron chi connectivity index (χ1n) is 5.44. The van der Waals surface area contributed by atoms with Crippen molar-refractivity contribution in [2.75, 3.05) is 13.7 Å². The Hall–Kier alpha value is -0.870. The Morgan fingerprint density at radius 2 is 2.12 bits per heavy atom. The zero-order valence-electron chi connectivity index (χ0n) is 10.6. The highest BCUT2D eigenvalue weighted by Crippen LogP contribution is 2.19. The second kappa shape index (κ2) is 5.65. The van der Waals surface area contributed by atoms with Crippen LogP contribution >= 0.6 is 15.9 Å². The highest BCUT2D eigenvalue weighted by atomic mass is 79.9. The highest BCUT2D eigenvalue weighted by molar-refractivity contribution is 9.10. The number of ether oxygens (including phenoxy) is 1. The van der Waals surface area contributed by atoms with Crippen molar-refractivity contribution in [3.8, 4) is 0 Å². The van der Waals surface area contributed by atoms with E-state index in [4.69, 9.17) is 4.74 Å². The van der Waals surface area contributed by atoms with E-state index in [1.807, 2.05) is 39.0 Å². The average molecular weight is 300 g/mol. The van der Waals surface area contributed by atoms with E-state index in [0.29, 0.717) is 12.2 Å². The van der Waals surface area contributed by atoms with Crippen molar-refractivity contribution in [3.63, 3.8) is 0 Å². The quantitative estimate of drug-likeness (QED) is 0.928. The van der Waals surface area contributed by atoms with E-state index >= 15 is 0 Å². The fourth-order valence-electron chi connectivity index (χ4n) is 1.63. The zero-order valence-corrected chi connectivity index (χ0v) is 12.2. The van der Waals surface area contributed by atoms with Crippen LogP contribution in [0.3, 0.4) is 0 Å². The predicted octanol–water partition coefficient (Wildman–Crippen LogP) is 2.91. The van der Waals surface area contributed by atoms with Gasteiger partial charge in [-0.2, -0.15) is 0 Å². The zero-order chi connectivity index (χ0) is 13.1. The van der Waals surface area contributed by atoms with Gasteiger partial charge in [-0.3, -0.25) is 4.79 Å². The molecule has 0 unspecified atom stereocenters. The lowest BCUT2D eigenvalue weighted by atomic mass is 10.0. The molecule has 17 heavy (non-hydrogen) atoms. The second-order valence-electron chi connectivity index (χ2n) is 4.68. The number of halogens is 1. The molecule has 0 aliphatic rings. The van der Waals surface area contributed by atoms with Crippen molar-refractivity contribution in [2.24, 2.45) is 0 Å². The molecular weight excluding hydrogens is 282 g/mol. The number of nitrogens with one attached hydrogen (secondary N) is 1. The van der Waals surface area contributed by atoms with Crippen molar-refractivity contribution in [1.82, 2.24) is 5.32 Å². The van der Waals surface area contributed by atoms with Crippen molar-refractivity contribution in [1.29, 1.82) is 0 Å². The number of rotatable bonds is 4. The van der Waals surface area contributed by atoms with Crippen LogP contribution < -0.4 is 5.32 Å².